The Morgan fingerprint density at radius 3 is 2.26 bits per heavy atom. The number of aliphatic imine (C=N–C) groups is 1. The van der Waals surface area contributed by atoms with E-state index in [0.29, 0.717) is 5.92 Å². The van der Waals surface area contributed by atoms with Crippen molar-refractivity contribution in [1.29, 1.82) is 0 Å². The quantitative estimate of drug-likeness (QED) is 0.311. The van der Waals surface area contributed by atoms with Gasteiger partial charge < -0.3 is 24.8 Å². The van der Waals surface area contributed by atoms with E-state index in [-0.39, 0.29) is 36.1 Å². The molecule has 0 bridgehead atoms. The average molecular weight is 550 g/mol. The van der Waals surface area contributed by atoms with Crippen LogP contribution in [-0.2, 0) is 4.74 Å². The Morgan fingerprint density at radius 2 is 1.71 bits per heavy atom. The molecule has 2 aliphatic heterocycles. The normalized spacial score (nSPS) is 21.4. The summed E-state index contributed by atoms with van der Waals surface area (Å²) in [5, 5.41) is 3.56. The second-order valence-electron chi connectivity index (χ2n) is 10.2. The van der Waals surface area contributed by atoms with Crippen LogP contribution in [0.2, 0.25) is 0 Å². The highest BCUT2D eigenvalue weighted by molar-refractivity contribution is 14.0. The zero-order valence-corrected chi connectivity index (χ0v) is 22.4. The molecule has 31 heavy (non-hydrogen) atoms. The van der Waals surface area contributed by atoms with Crippen LogP contribution < -0.4 is 5.32 Å². The lowest BCUT2D eigenvalue weighted by Crippen LogP contribution is -2.53. The van der Waals surface area contributed by atoms with Crippen LogP contribution in [-0.4, -0.2) is 91.3 Å². The highest BCUT2D eigenvalue weighted by atomic mass is 127. The summed E-state index contributed by atoms with van der Waals surface area (Å²) in [6.07, 6.45) is 8.32. The van der Waals surface area contributed by atoms with Crippen LogP contribution in [0, 0.1) is 5.92 Å². The lowest BCUT2D eigenvalue weighted by molar-refractivity contribution is 0.00928. The van der Waals surface area contributed by atoms with Crippen LogP contribution in [0.4, 0.5) is 4.79 Å². The smallest absolute Gasteiger partial charge is 0.410 e. The van der Waals surface area contributed by atoms with Crippen LogP contribution >= 0.6 is 24.0 Å². The first-order chi connectivity index (χ1) is 14.4. The van der Waals surface area contributed by atoms with Crippen LogP contribution in [0.1, 0.15) is 65.7 Å². The van der Waals surface area contributed by atoms with Crippen molar-refractivity contribution >= 4 is 36.0 Å². The minimum Gasteiger partial charge on any atom is -0.444 e. The summed E-state index contributed by atoms with van der Waals surface area (Å²) >= 11 is 0. The number of nitrogens with one attached hydrogen (secondary N) is 1. The third kappa shape index (κ3) is 8.94. The van der Waals surface area contributed by atoms with Crippen LogP contribution in [0.5, 0.6) is 0 Å². The monoisotopic (exact) mass is 549 g/mol. The molecule has 0 radical (unpaired) electrons. The second-order valence-corrected chi connectivity index (χ2v) is 10.2. The van der Waals surface area contributed by atoms with Crippen molar-refractivity contribution in [2.75, 3.05) is 52.9 Å². The Hall–Kier alpha value is -0.770. The summed E-state index contributed by atoms with van der Waals surface area (Å²) in [6, 6.07) is 0.267. The molecule has 1 saturated carbocycles. The third-order valence-electron chi connectivity index (χ3n) is 6.36. The lowest BCUT2D eigenvalue weighted by atomic mass is 10.0. The van der Waals surface area contributed by atoms with Gasteiger partial charge >= 0.3 is 6.09 Å². The predicted molar refractivity (Wildman–Crippen MR) is 137 cm³/mol. The predicted octanol–water partition coefficient (Wildman–Crippen LogP) is 3.78. The summed E-state index contributed by atoms with van der Waals surface area (Å²) in [4.78, 5) is 24.3. The topological polar surface area (TPSA) is 60.4 Å². The number of hydrogen-bond acceptors (Lipinski definition) is 4. The summed E-state index contributed by atoms with van der Waals surface area (Å²) in [7, 11) is 1.87. The van der Waals surface area contributed by atoms with Gasteiger partial charge in [0.05, 0.1) is 0 Å². The standard InChI is InChI=1S/C23H43N5O2.HI/c1-23(2,3)30-22(29)28(18-19-8-9-19)20-10-15-27(16-11-20)21(24-4)25-12-17-26-13-6-5-7-14-26;/h19-20H,5-18H2,1-4H3,(H,24,25);1H. The van der Waals surface area contributed by atoms with Gasteiger partial charge in [-0.2, -0.15) is 0 Å². The molecule has 3 fully saturated rings. The SMILES string of the molecule is CN=C(NCCN1CCCCC1)N1CCC(N(CC2CC2)C(=O)OC(C)(C)C)CC1.I. The summed E-state index contributed by atoms with van der Waals surface area (Å²) in [5.41, 5.74) is -0.445. The van der Waals surface area contributed by atoms with E-state index in [2.05, 4.69) is 20.1 Å². The van der Waals surface area contributed by atoms with Gasteiger partial charge in [-0.1, -0.05) is 6.42 Å². The average Bonchev–Trinajstić information content (AvgIpc) is 3.53. The van der Waals surface area contributed by atoms with E-state index in [9.17, 15) is 4.79 Å². The molecule has 2 saturated heterocycles. The number of ether oxygens (including phenoxy) is 1. The lowest BCUT2D eigenvalue weighted by Gasteiger charge is -2.40. The van der Waals surface area contributed by atoms with Gasteiger partial charge in [-0.15, -0.1) is 24.0 Å². The van der Waals surface area contributed by atoms with Gasteiger partial charge in [-0.3, -0.25) is 4.99 Å². The van der Waals surface area contributed by atoms with Gasteiger partial charge in [-0.25, -0.2) is 4.79 Å². The molecule has 0 aromatic heterocycles. The molecule has 3 aliphatic rings. The molecular formula is C23H44IN5O2. The molecular weight excluding hydrogens is 505 g/mol. The molecule has 1 N–H and O–H groups in total. The zero-order valence-electron chi connectivity index (χ0n) is 20.1. The number of piperidine rings is 2. The van der Waals surface area contributed by atoms with Crippen LogP contribution in [0.25, 0.3) is 0 Å². The molecule has 0 atom stereocenters. The molecule has 0 unspecified atom stereocenters. The van der Waals surface area contributed by atoms with Gasteiger partial charge in [0.25, 0.3) is 0 Å². The number of rotatable bonds is 6. The zero-order chi connectivity index (χ0) is 21.6. The van der Waals surface area contributed by atoms with Crippen molar-refractivity contribution in [3.05, 3.63) is 0 Å². The molecule has 3 rings (SSSR count). The van der Waals surface area contributed by atoms with Gasteiger partial charge in [-0.05, 0) is 78.3 Å². The number of carbonyl (C=O) groups excluding carboxylic acids is 1. The van der Waals surface area contributed by atoms with Crippen molar-refractivity contribution in [2.45, 2.75) is 77.4 Å². The number of likely N-dealkylation sites (tertiary alicyclic amines) is 2. The Labute approximate surface area is 206 Å². The number of amides is 1. The fraction of sp³-hybridized carbons (Fsp3) is 0.913. The van der Waals surface area contributed by atoms with E-state index in [1.165, 1.54) is 45.2 Å². The molecule has 1 amide bonds. The van der Waals surface area contributed by atoms with Crippen LogP contribution in [0.15, 0.2) is 4.99 Å². The van der Waals surface area contributed by atoms with Crippen molar-refractivity contribution in [2.24, 2.45) is 10.9 Å². The molecule has 180 valence electrons. The molecule has 2 heterocycles. The first-order valence-corrected chi connectivity index (χ1v) is 12.0. The maximum absolute atomic E-state index is 12.8. The maximum Gasteiger partial charge on any atom is 0.410 e. The van der Waals surface area contributed by atoms with Crippen molar-refractivity contribution in [3.63, 3.8) is 0 Å². The van der Waals surface area contributed by atoms with Crippen LogP contribution in [0.3, 0.4) is 0 Å². The van der Waals surface area contributed by atoms with Gasteiger partial charge in [0.15, 0.2) is 5.96 Å². The second kappa shape index (κ2) is 12.5. The Morgan fingerprint density at radius 1 is 1.06 bits per heavy atom. The fourth-order valence-corrected chi connectivity index (χ4v) is 4.50. The van der Waals surface area contributed by atoms with Gasteiger partial charge in [0.1, 0.15) is 5.60 Å². The number of hydrogen-bond donors (Lipinski definition) is 1. The minimum absolute atomic E-state index is 0. The minimum atomic E-state index is -0.445. The Balaban J connectivity index is 0.00000341. The van der Waals surface area contributed by atoms with E-state index in [4.69, 9.17) is 4.74 Å². The Bertz CT molecular complexity index is 577. The number of halogens is 1. The van der Waals surface area contributed by atoms with Crippen molar-refractivity contribution in [3.8, 4) is 0 Å². The fourth-order valence-electron chi connectivity index (χ4n) is 4.50. The van der Waals surface area contributed by atoms with E-state index in [1.54, 1.807) is 0 Å². The number of guanidine groups is 1. The first-order valence-electron chi connectivity index (χ1n) is 12.0. The highest BCUT2D eigenvalue weighted by Crippen LogP contribution is 2.32. The molecule has 0 spiro atoms. The summed E-state index contributed by atoms with van der Waals surface area (Å²) < 4.78 is 5.72. The molecule has 0 aromatic carbocycles. The van der Waals surface area contributed by atoms with Crippen molar-refractivity contribution < 1.29 is 9.53 Å². The molecule has 1 aliphatic carbocycles. The summed E-state index contributed by atoms with van der Waals surface area (Å²) in [6.45, 7) is 13.0. The highest BCUT2D eigenvalue weighted by Gasteiger charge is 2.35. The largest absolute Gasteiger partial charge is 0.444 e. The van der Waals surface area contributed by atoms with Gasteiger partial charge in [0.2, 0.25) is 0 Å². The molecule has 8 heteroatoms. The molecule has 0 aromatic rings. The summed E-state index contributed by atoms with van der Waals surface area (Å²) in [5.74, 6) is 1.66. The number of nitrogens with zero attached hydrogens (tertiary/aromatic N) is 4. The maximum atomic E-state index is 12.8. The van der Waals surface area contributed by atoms with E-state index in [1.807, 2.05) is 32.7 Å². The third-order valence-corrected chi connectivity index (χ3v) is 6.36. The van der Waals surface area contributed by atoms with E-state index in [0.717, 1.165) is 51.5 Å². The molecule has 7 nitrogen and oxygen atoms in total. The van der Waals surface area contributed by atoms with E-state index < -0.39 is 5.60 Å². The Kier molecular flexibility index (Phi) is 10.6. The van der Waals surface area contributed by atoms with E-state index >= 15 is 0 Å². The van der Waals surface area contributed by atoms with Crippen molar-refractivity contribution in [1.82, 2.24) is 20.0 Å². The van der Waals surface area contributed by atoms with Gasteiger partial charge in [0, 0.05) is 45.8 Å². The first kappa shape index (κ1) is 26.5. The number of carbonyl (C=O) groups is 1.